The van der Waals surface area contributed by atoms with Crippen LogP contribution in [0.2, 0.25) is 0 Å². The van der Waals surface area contributed by atoms with Crippen molar-refractivity contribution >= 4 is 40.1 Å². The highest BCUT2D eigenvalue weighted by Crippen LogP contribution is 2.28. The molecule has 4 N–H and O–H groups in total. The number of nitrogens with zero attached hydrogens (tertiary/aromatic N) is 2. The van der Waals surface area contributed by atoms with E-state index in [2.05, 4.69) is 10.2 Å². The van der Waals surface area contributed by atoms with Gasteiger partial charge in [0.2, 0.25) is 0 Å². The summed E-state index contributed by atoms with van der Waals surface area (Å²) in [7, 11) is -1.61. The van der Waals surface area contributed by atoms with Crippen molar-refractivity contribution in [1.82, 2.24) is 10.2 Å². The summed E-state index contributed by atoms with van der Waals surface area (Å²) in [6.07, 6.45) is 3.03. The van der Waals surface area contributed by atoms with Gasteiger partial charge in [0.1, 0.15) is 5.58 Å². The summed E-state index contributed by atoms with van der Waals surface area (Å²) in [6, 6.07) is 11.1. The fourth-order valence-corrected chi connectivity index (χ4v) is 2.73. The van der Waals surface area contributed by atoms with E-state index < -0.39 is 7.12 Å². The van der Waals surface area contributed by atoms with Crippen LogP contribution in [-0.2, 0) is 0 Å². The summed E-state index contributed by atoms with van der Waals surface area (Å²) < 4.78 is 5.33. The average Bonchev–Trinajstić information content (AvgIpc) is 3.02. The van der Waals surface area contributed by atoms with Crippen molar-refractivity contribution in [1.29, 1.82) is 0 Å². The van der Waals surface area contributed by atoms with Gasteiger partial charge in [-0.15, -0.1) is 0 Å². The smallest absolute Gasteiger partial charge is 0.465 e. The largest absolute Gasteiger partial charge is 0.492 e. The molecule has 0 saturated heterocycles. The Morgan fingerprint density at radius 1 is 1.04 bits per heavy atom. The molecule has 0 spiro atoms. The number of anilines is 1. The molecule has 0 fully saturated rings. The maximum atomic E-state index is 9.58. The number of furan rings is 1. The van der Waals surface area contributed by atoms with E-state index in [9.17, 15) is 10.0 Å². The first kappa shape index (κ1) is 13.7. The zero-order valence-corrected chi connectivity index (χ0v) is 12.0. The monoisotopic (exact) mass is 305 g/mol. The molecule has 2 heterocycles. The van der Waals surface area contributed by atoms with Gasteiger partial charge < -0.3 is 20.2 Å². The van der Waals surface area contributed by atoms with Gasteiger partial charge in [0.05, 0.1) is 23.7 Å². The predicted molar refractivity (Wildman–Crippen MR) is 89.0 cm³/mol. The Bertz CT molecular complexity index is 1030. The molecule has 23 heavy (non-hydrogen) atoms. The maximum Gasteiger partial charge on any atom is 0.492 e. The van der Waals surface area contributed by atoms with E-state index in [1.165, 1.54) is 12.5 Å². The summed E-state index contributed by atoms with van der Waals surface area (Å²) in [5.74, 6) is 0. The molecule has 0 saturated carbocycles. The second-order valence-corrected chi connectivity index (χ2v) is 5.31. The summed E-state index contributed by atoms with van der Waals surface area (Å²) >= 11 is 0. The third-order valence-corrected chi connectivity index (χ3v) is 3.86. The second kappa shape index (κ2) is 5.08. The first-order valence-corrected chi connectivity index (χ1v) is 7.02. The normalized spacial score (nSPS) is 11.2. The first-order valence-electron chi connectivity index (χ1n) is 7.02. The van der Waals surface area contributed by atoms with E-state index in [1.54, 1.807) is 12.1 Å². The topological polar surface area (TPSA) is 105 Å². The molecule has 0 amide bonds. The number of rotatable bonds is 2. The van der Waals surface area contributed by atoms with Crippen molar-refractivity contribution in [2.45, 2.75) is 0 Å². The Morgan fingerprint density at radius 3 is 2.74 bits per heavy atom. The van der Waals surface area contributed by atoms with Crippen molar-refractivity contribution < 1.29 is 14.5 Å². The van der Waals surface area contributed by atoms with Gasteiger partial charge in [0.25, 0.3) is 0 Å². The molecular formula is C16H12BN3O3. The summed E-state index contributed by atoms with van der Waals surface area (Å²) in [6.45, 7) is 0. The minimum absolute atomic E-state index is 0.321. The van der Waals surface area contributed by atoms with E-state index in [0.29, 0.717) is 22.2 Å². The van der Waals surface area contributed by atoms with Gasteiger partial charge in [-0.25, -0.2) is 0 Å². The highest BCUT2D eigenvalue weighted by Gasteiger charge is 2.19. The lowest BCUT2D eigenvalue weighted by molar-refractivity contribution is 0.425. The summed E-state index contributed by atoms with van der Waals surface area (Å²) in [5, 5.41) is 28.7. The first-order chi connectivity index (χ1) is 11.1. The van der Waals surface area contributed by atoms with Crippen LogP contribution < -0.4 is 11.2 Å². The third kappa shape index (κ3) is 2.23. The van der Waals surface area contributed by atoms with Gasteiger partial charge in [-0.2, -0.15) is 10.2 Å². The zero-order valence-electron chi connectivity index (χ0n) is 12.0. The van der Waals surface area contributed by atoms with Crippen molar-refractivity contribution in [3.63, 3.8) is 0 Å². The highest BCUT2D eigenvalue weighted by atomic mass is 16.4. The fraction of sp³-hybridized carbons (Fsp3) is 0. The number of nitrogen functional groups attached to an aromatic ring is 1. The lowest BCUT2D eigenvalue weighted by Gasteiger charge is -2.08. The lowest BCUT2D eigenvalue weighted by Crippen LogP contribution is -2.30. The molecule has 112 valence electrons. The fourth-order valence-electron chi connectivity index (χ4n) is 2.73. The van der Waals surface area contributed by atoms with E-state index in [1.807, 2.05) is 24.3 Å². The minimum atomic E-state index is -1.61. The zero-order chi connectivity index (χ0) is 16.0. The molecular weight excluding hydrogens is 293 g/mol. The van der Waals surface area contributed by atoms with Crippen LogP contribution in [-0.4, -0.2) is 27.4 Å². The molecule has 0 bridgehead atoms. The standard InChI is InChI=1S/C16H12BN3O3/c18-14-8-19-20-15-7-9(1-2-12(14)15)11-5-10-3-4-23-16(10)13(6-11)17(21)22/h1-8,21-22H,(H2,18,20). The van der Waals surface area contributed by atoms with Crippen LogP contribution in [0.5, 0.6) is 0 Å². The maximum absolute atomic E-state index is 9.58. The van der Waals surface area contributed by atoms with Crippen LogP contribution in [0.4, 0.5) is 5.69 Å². The third-order valence-electron chi connectivity index (χ3n) is 3.86. The number of fused-ring (bicyclic) bond motifs is 2. The summed E-state index contributed by atoms with van der Waals surface area (Å²) in [5.41, 5.74) is 9.63. The molecule has 0 aliphatic carbocycles. The van der Waals surface area contributed by atoms with Gasteiger partial charge in [-0.3, -0.25) is 0 Å². The lowest BCUT2D eigenvalue weighted by atomic mass is 9.78. The Balaban J connectivity index is 1.95. The molecule has 4 rings (SSSR count). The average molecular weight is 305 g/mol. The van der Waals surface area contributed by atoms with E-state index >= 15 is 0 Å². The van der Waals surface area contributed by atoms with Crippen LogP contribution in [0.25, 0.3) is 33.0 Å². The van der Waals surface area contributed by atoms with Gasteiger partial charge in [0, 0.05) is 16.2 Å². The SMILES string of the molecule is Nc1cnnc2cc(-c3cc(B(O)O)c4occc4c3)ccc12. The van der Waals surface area contributed by atoms with Crippen molar-refractivity contribution in [2.75, 3.05) is 5.73 Å². The van der Waals surface area contributed by atoms with Gasteiger partial charge in [0.15, 0.2) is 0 Å². The number of benzene rings is 2. The van der Waals surface area contributed by atoms with Crippen molar-refractivity contribution in [3.8, 4) is 11.1 Å². The number of hydrogen-bond donors (Lipinski definition) is 3. The second-order valence-electron chi connectivity index (χ2n) is 5.31. The molecule has 2 aromatic carbocycles. The minimum Gasteiger partial charge on any atom is -0.465 e. The van der Waals surface area contributed by atoms with Gasteiger partial charge in [-0.1, -0.05) is 12.1 Å². The molecule has 0 aliphatic heterocycles. The van der Waals surface area contributed by atoms with E-state index in [-0.39, 0.29) is 0 Å². The Kier molecular flexibility index (Phi) is 3.04. The Labute approximate surface area is 131 Å². The molecule has 6 nitrogen and oxygen atoms in total. The van der Waals surface area contributed by atoms with E-state index in [0.717, 1.165) is 21.9 Å². The highest BCUT2D eigenvalue weighted by molar-refractivity contribution is 6.61. The van der Waals surface area contributed by atoms with Crippen LogP contribution in [0.15, 0.2) is 53.3 Å². The van der Waals surface area contributed by atoms with Crippen molar-refractivity contribution in [3.05, 3.63) is 48.9 Å². The van der Waals surface area contributed by atoms with Crippen molar-refractivity contribution in [2.24, 2.45) is 0 Å². The van der Waals surface area contributed by atoms with Gasteiger partial charge in [-0.05, 0) is 35.4 Å². The van der Waals surface area contributed by atoms with E-state index in [4.69, 9.17) is 10.2 Å². The number of nitrogens with two attached hydrogens (primary N) is 1. The molecule has 4 aromatic rings. The van der Waals surface area contributed by atoms with Crippen LogP contribution in [0.1, 0.15) is 0 Å². The predicted octanol–water partition coefficient (Wildman–Crippen LogP) is 1.30. The molecule has 0 radical (unpaired) electrons. The summed E-state index contributed by atoms with van der Waals surface area (Å²) in [4.78, 5) is 0. The quantitative estimate of drug-likeness (QED) is 0.482. The molecule has 0 unspecified atom stereocenters. The van der Waals surface area contributed by atoms with Gasteiger partial charge >= 0.3 is 7.12 Å². The Morgan fingerprint density at radius 2 is 1.91 bits per heavy atom. The molecule has 0 aliphatic rings. The molecule has 0 atom stereocenters. The van der Waals surface area contributed by atoms with Crippen LogP contribution >= 0.6 is 0 Å². The Hall–Kier alpha value is -2.90. The molecule has 7 heteroatoms. The number of aromatic nitrogens is 2. The number of hydrogen-bond acceptors (Lipinski definition) is 6. The van der Waals surface area contributed by atoms with Crippen LogP contribution in [0.3, 0.4) is 0 Å². The van der Waals surface area contributed by atoms with Crippen LogP contribution in [0, 0.1) is 0 Å². The molecule has 2 aromatic heterocycles.